The number of likely N-dealkylation sites (tertiary alicyclic amines) is 1. The zero-order valence-corrected chi connectivity index (χ0v) is 28.1. The van der Waals surface area contributed by atoms with Gasteiger partial charge in [-0.3, -0.25) is 10.1 Å². The predicted molar refractivity (Wildman–Crippen MR) is 183 cm³/mol. The van der Waals surface area contributed by atoms with Gasteiger partial charge in [0, 0.05) is 13.1 Å². The Labute approximate surface area is 279 Å². The van der Waals surface area contributed by atoms with Crippen molar-refractivity contribution in [3.8, 4) is 0 Å². The van der Waals surface area contributed by atoms with Crippen molar-refractivity contribution in [2.24, 2.45) is 0 Å². The first-order chi connectivity index (χ1) is 22.7. The summed E-state index contributed by atoms with van der Waals surface area (Å²) in [5.74, 6) is 0.705. The minimum Gasteiger partial charge on any atom is -0.403 e. The molecule has 0 bridgehead atoms. The van der Waals surface area contributed by atoms with Gasteiger partial charge in [-0.25, -0.2) is 4.68 Å². The molecule has 10 heteroatoms. The maximum Gasteiger partial charge on any atom is 0.457 e. The number of tetrazole rings is 1. The molecule has 4 aromatic rings. The molecule has 1 amide bonds. The normalized spacial score (nSPS) is 18.0. The van der Waals surface area contributed by atoms with Crippen molar-refractivity contribution in [2.45, 2.75) is 95.4 Å². The second kappa shape index (κ2) is 14.1. The lowest BCUT2D eigenvalue weighted by molar-refractivity contribution is -0.131. The summed E-state index contributed by atoms with van der Waals surface area (Å²) in [4.78, 5) is 15.2. The number of nitrogens with zero attached hydrogens (tertiary/aromatic N) is 5. The first-order valence-electron chi connectivity index (χ1n) is 17.0. The topological polar surface area (TPSA) is 94.4 Å². The number of hydrogen-bond donors (Lipinski definition) is 1. The lowest BCUT2D eigenvalue weighted by Crippen LogP contribution is -2.47. The Morgan fingerprint density at radius 3 is 1.85 bits per heavy atom. The van der Waals surface area contributed by atoms with Crippen LogP contribution in [0.3, 0.4) is 0 Å². The average molecular weight is 635 g/mol. The van der Waals surface area contributed by atoms with Crippen molar-refractivity contribution in [3.63, 3.8) is 0 Å². The Hall–Kier alpha value is -3.86. The van der Waals surface area contributed by atoms with Crippen LogP contribution in [0.1, 0.15) is 88.4 Å². The van der Waals surface area contributed by atoms with Crippen LogP contribution in [-0.4, -0.2) is 62.4 Å². The third kappa shape index (κ3) is 7.05. The lowest BCUT2D eigenvalue weighted by Gasteiger charge is -2.40. The zero-order chi connectivity index (χ0) is 32.9. The molecule has 1 unspecified atom stereocenters. The lowest BCUT2D eigenvalue weighted by atomic mass is 9.76. The van der Waals surface area contributed by atoms with Crippen LogP contribution in [0.5, 0.6) is 0 Å². The van der Waals surface area contributed by atoms with Gasteiger partial charge in [0.1, 0.15) is 6.54 Å². The third-order valence-corrected chi connectivity index (χ3v) is 10.1. The van der Waals surface area contributed by atoms with Crippen molar-refractivity contribution >= 4 is 13.0 Å². The first-order valence-corrected chi connectivity index (χ1v) is 17.0. The van der Waals surface area contributed by atoms with Gasteiger partial charge >= 0.3 is 7.12 Å². The number of carbonyl (C=O) groups is 1. The predicted octanol–water partition coefficient (Wildman–Crippen LogP) is 6.18. The van der Waals surface area contributed by atoms with E-state index in [0.717, 1.165) is 68.2 Å². The van der Waals surface area contributed by atoms with Crippen LogP contribution in [0.4, 0.5) is 0 Å². The second-order valence-electron chi connectivity index (χ2n) is 13.8. The molecular formula is C37H47BN6O3. The summed E-state index contributed by atoms with van der Waals surface area (Å²) in [6.07, 6.45) is 5.39. The fourth-order valence-electron chi connectivity index (χ4n) is 6.85. The number of nitrogens with one attached hydrogen (secondary N) is 1. The molecule has 3 aromatic carbocycles. The van der Waals surface area contributed by atoms with E-state index in [4.69, 9.17) is 9.31 Å². The van der Waals surface area contributed by atoms with Crippen LogP contribution in [0.2, 0.25) is 6.32 Å². The largest absolute Gasteiger partial charge is 0.457 e. The SMILES string of the molecule is CC1(C)OB(CCCCC(NC(c2ccccc2)(c2ccccc2)c2ccccc2)c2nnnn2CC(=O)N2CCCC2)OC1(C)C. The van der Waals surface area contributed by atoms with Gasteiger partial charge in [-0.1, -0.05) is 104 Å². The number of unbranched alkanes of at least 4 members (excludes halogenated alkanes) is 1. The monoisotopic (exact) mass is 634 g/mol. The number of carbonyl (C=O) groups excluding carboxylic acids is 1. The van der Waals surface area contributed by atoms with Crippen LogP contribution < -0.4 is 5.32 Å². The van der Waals surface area contributed by atoms with Crippen LogP contribution in [-0.2, 0) is 26.2 Å². The summed E-state index contributed by atoms with van der Waals surface area (Å²) in [6.45, 7) is 10.0. The smallest absolute Gasteiger partial charge is 0.403 e. The molecule has 0 radical (unpaired) electrons. The molecule has 1 N–H and O–H groups in total. The van der Waals surface area contributed by atoms with Crippen molar-refractivity contribution in [3.05, 3.63) is 114 Å². The molecule has 6 rings (SSSR count). The van der Waals surface area contributed by atoms with Crippen LogP contribution in [0.15, 0.2) is 91.0 Å². The summed E-state index contributed by atoms with van der Waals surface area (Å²) in [5.41, 5.74) is 1.87. The molecule has 0 spiro atoms. The quantitative estimate of drug-likeness (QED) is 0.107. The number of aromatic nitrogens is 4. The summed E-state index contributed by atoms with van der Waals surface area (Å²) < 4.78 is 14.3. The van der Waals surface area contributed by atoms with Crippen molar-refractivity contribution in [1.29, 1.82) is 0 Å². The maximum atomic E-state index is 13.3. The average Bonchev–Trinajstić information content (AvgIpc) is 3.82. The van der Waals surface area contributed by atoms with Gasteiger partial charge in [-0.05, 0) is 80.4 Å². The van der Waals surface area contributed by atoms with E-state index in [9.17, 15) is 4.79 Å². The van der Waals surface area contributed by atoms with Crippen molar-refractivity contribution < 1.29 is 14.1 Å². The van der Waals surface area contributed by atoms with Crippen LogP contribution in [0, 0.1) is 0 Å². The second-order valence-corrected chi connectivity index (χ2v) is 13.8. The van der Waals surface area contributed by atoms with Gasteiger partial charge in [0.25, 0.3) is 0 Å². The summed E-state index contributed by atoms with van der Waals surface area (Å²) in [6, 6.07) is 31.3. The zero-order valence-electron chi connectivity index (χ0n) is 28.1. The molecular weight excluding hydrogens is 587 g/mol. The Bertz CT molecular complexity index is 1480. The standard InChI is InChI=1S/C37H47BN6O3/c1-35(2)36(3,4)47-38(46-35)25-15-14-24-32(34-40-41-42-44(34)28-33(45)43-26-16-17-27-43)39-37(29-18-8-5-9-19-29,30-20-10-6-11-21-30)31-22-12-7-13-23-31/h5-13,18-23,32,39H,14-17,24-28H2,1-4H3. The van der Waals surface area contributed by atoms with E-state index in [-0.39, 0.29) is 36.8 Å². The highest BCUT2D eigenvalue weighted by Gasteiger charge is 2.50. The minimum atomic E-state index is -0.726. The van der Waals surface area contributed by atoms with Crippen LogP contribution >= 0.6 is 0 Å². The Balaban J connectivity index is 1.35. The molecule has 9 nitrogen and oxygen atoms in total. The highest BCUT2D eigenvalue weighted by molar-refractivity contribution is 6.45. The van der Waals surface area contributed by atoms with E-state index < -0.39 is 5.54 Å². The highest BCUT2D eigenvalue weighted by Crippen LogP contribution is 2.41. The van der Waals surface area contributed by atoms with E-state index in [1.54, 1.807) is 4.68 Å². The molecule has 0 aliphatic carbocycles. The molecule has 1 aromatic heterocycles. The van der Waals surface area contributed by atoms with Gasteiger partial charge in [0.2, 0.25) is 5.91 Å². The summed E-state index contributed by atoms with van der Waals surface area (Å²) in [7, 11) is -0.244. The minimum absolute atomic E-state index is 0.0519. The fourth-order valence-corrected chi connectivity index (χ4v) is 6.85. The van der Waals surface area contributed by atoms with Gasteiger partial charge in [-0.2, -0.15) is 0 Å². The molecule has 2 fully saturated rings. The van der Waals surface area contributed by atoms with E-state index in [0.29, 0.717) is 5.82 Å². The number of hydrogen-bond acceptors (Lipinski definition) is 7. The molecule has 1 atom stereocenters. The third-order valence-electron chi connectivity index (χ3n) is 10.1. The molecule has 2 aliphatic rings. The number of benzene rings is 3. The number of amides is 1. The summed E-state index contributed by atoms with van der Waals surface area (Å²) >= 11 is 0. The molecule has 2 saturated heterocycles. The Morgan fingerprint density at radius 1 is 0.830 bits per heavy atom. The molecule has 0 saturated carbocycles. The van der Waals surface area contributed by atoms with Crippen molar-refractivity contribution in [2.75, 3.05) is 13.1 Å². The van der Waals surface area contributed by atoms with Gasteiger partial charge in [-0.15, -0.1) is 5.10 Å². The number of rotatable bonds is 13. The van der Waals surface area contributed by atoms with E-state index >= 15 is 0 Å². The molecule has 3 heterocycles. The Kier molecular flexibility index (Phi) is 9.92. The summed E-state index contributed by atoms with van der Waals surface area (Å²) in [5, 5.41) is 17.1. The maximum absolute atomic E-state index is 13.3. The van der Waals surface area contributed by atoms with E-state index in [2.05, 4.69) is 121 Å². The molecule has 246 valence electrons. The first kappa shape index (κ1) is 33.1. The van der Waals surface area contributed by atoms with Crippen LogP contribution in [0.25, 0.3) is 0 Å². The van der Waals surface area contributed by atoms with Gasteiger partial charge < -0.3 is 14.2 Å². The van der Waals surface area contributed by atoms with E-state index in [1.807, 2.05) is 23.1 Å². The van der Waals surface area contributed by atoms with Gasteiger partial charge in [0.05, 0.1) is 22.8 Å². The molecule has 2 aliphatic heterocycles. The fraction of sp³-hybridized carbons (Fsp3) is 0.459. The highest BCUT2D eigenvalue weighted by atomic mass is 16.7. The van der Waals surface area contributed by atoms with E-state index in [1.165, 1.54) is 0 Å². The molecule has 47 heavy (non-hydrogen) atoms. The Morgan fingerprint density at radius 2 is 1.34 bits per heavy atom. The van der Waals surface area contributed by atoms with Crippen molar-refractivity contribution in [1.82, 2.24) is 30.4 Å². The van der Waals surface area contributed by atoms with Gasteiger partial charge in [0.15, 0.2) is 5.82 Å².